The average molecular weight is 223 g/mol. The average Bonchev–Trinajstić information content (AvgIpc) is 2.17. The van der Waals surface area contributed by atoms with Gasteiger partial charge in [0.05, 0.1) is 5.38 Å². The molecule has 1 heterocycles. The number of hydrogen-bond donors (Lipinski definition) is 1. The van der Waals surface area contributed by atoms with Crippen LogP contribution >= 0.6 is 11.6 Å². The number of allylic oxidation sites excluding steroid dienone is 2. The van der Waals surface area contributed by atoms with Crippen molar-refractivity contribution in [2.24, 2.45) is 0 Å². The molecule has 1 aromatic rings. The van der Waals surface area contributed by atoms with Crippen molar-refractivity contribution in [3.63, 3.8) is 0 Å². The van der Waals surface area contributed by atoms with Gasteiger partial charge in [0, 0.05) is 6.20 Å². The normalized spacial score (nSPS) is 21.1. The van der Waals surface area contributed by atoms with Gasteiger partial charge in [-0.15, -0.1) is 11.6 Å². The van der Waals surface area contributed by atoms with Gasteiger partial charge in [-0.3, -0.25) is 0 Å². The molecule has 2 N–H and O–H groups in total. The van der Waals surface area contributed by atoms with Gasteiger partial charge in [0.2, 0.25) is 0 Å². The van der Waals surface area contributed by atoms with E-state index >= 15 is 0 Å². The van der Waals surface area contributed by atoms with E-state index in [1.165, 1.54) is 17.6 Å². The van der Waals surface area contributed by atoms with Gasteiger partial charge in [0.25, 0.3) is 0 Å². The number of pyridine rings is 1. The summed E-state index contributed by atoms with van der Waals surface area (Å²) in [4.78, 5) is 3.98. The minimum atomic E-state index is 0.216. The van der Waals surface area contributed by atoms with Crippen molar-refractivity contribution in [2.45, 2.75) is 31.1 Å². The first-order valence-corrected chi connectivity index (χ1v) is 5.72. The molecule has 0 saturated carbocycles. The van der Waals surface area contributed by atoms with Crippen LogP contribution in [-0.2, 0) is 6.42 Å². The molecular weight excluding hydrogens is 208 g/mol. The second-order valence-electron chi connectivity index (χ2n) is 4.00. The number of rotatable bonds is 2. The molecule has 2 nitrogen and oxygen atoms in total. The summed E-state index contributed by atoms with van der Waals surface area (Å²) in [6.45, 7) is 0. The van der Waals surface area contributed by atoms with Gasteiger partial charge in [-0.1, -0.05) is 11.6 Å². The first-order valence-electron chi connectivity index (χ1n) is 5.28. The number of nitrogens with zero attached hydrogens (tertiary/aromatic N) is 1. The fourth-order valence-electron chi connectivity index (χ4n) is 1.96. The number of anilines is 1. The van der Waals surface area contributed by atoms with Crippen LogP contribution in [0.4, 0.5) is 5.82 Å². The maximum atomic E-state index is 6.10. The summed E-state index contributed by atoms with van der Waals surface area (Å²) < 4.78 is 0. The lowest BCUT2D eigenvalue weighted by Gasteiger charge is -2.16. The number of nitrogens with two attached hydrogens (primary N) is 1. The highest BCUT2D eigenvalue weighted by atomic mass is 35.5. The van der Waals surface area contributed by atoms with Crippen molar-refractivity contribution in [1.82, 2.24) is 4.98 Å². The maximum absolute atomic E-state index is 6.10. The van der Waals surface area contributed by atoms with E-state index in [9.17, 15) is 0 Å². The maximum Gasteiger partial charge on any atom is 0.123 e. The first-order chi connectivity index (χ1) is 7.24. The molecule has 0 spiro atoms. The number of hydrogen-bond acceptors (Lipinski definition) is 2. The van der Waals surface area contributed by atoms with Crippen LogP contribution in [0.3, 0.4) is 0 Å². The summed E-state index contributed by atoms with van der Waals surface area (Å²) in [5.41, 5.74) is 8.28. The summed E-state index contributed by atoms with van der Waals surface area (Å²) in [5.74, 6) is 0.589. The van der Waals surface area contributed by atoms with Gasteiger partial charge in [-0.25, -0.2) is 4.98 Å². The van der Waals surface area contributed by atoms with Crippen molar-refractivity contribution >= 4 is 17.4 Å². The summed E-state index contributed by atoms with van der Waals surface area (Å²) in [6.07, 6.45) is 8.35. The van der Waals surface area contributed by atoms with Gasteiger partial charge < -0.3 is 5.73 Å². The third-order valence-electron chi connectivity index (χ3n) is 2.67. The molecule has 0 amide bonds. The van der Waals surface area contributed by atoms with E-state index in [0.29, 0.717) is 5.82 Å². The van der Waals surface area contributed by atoms with Gasteiger partial charge in [-0.2, -0.15) is 0 Å². The van der Waals surface area contributed by atoms with Gasteiger partial charge in [-0.05, 0) is 43.4 Å². The molecule has 1 aliphatic rings. The van der Waals surface area contributed by atoms with Crippen LogP contribution in [0, 0.1) is 0 Å². The number of alkyl halides is 1. The zero-order valence-corrected chi connectivity index (χ0v) is 9.37. The van der Waals surface area contributed by atoms with E-state index < -0.39 is 0 Å². The Morgan fingerprint density at radius 1 is 1.53 bits per heavy atom. The summed E-state index contributed by atoms with van der Waals surface area (Å²) in [5, 5.41) is 0.216. The predicted molar refractivity (Wildman–Crippen MR) is 63.9 cm³/mol. The van der Waals surface area contributed by atoms with Crippen LogP contribution < -0.4 is 5.73 Å². The lowest BCUT2D eigenvalue weighted by atomic mass is 9.94. The molecule has 15 heavy (non-hydrogen) atoms. The van der Waals surface area contributed by atoms with E-state index in [0.717, 1.165) is 19.3 Å². The van der Waals surface area contributed by atoms with E-state index in [-0.39, 0.29) is 5.38 Å². The number of halogens is 1. The molecule has 80 valence electrons. The zero-order valence-electron chi connectivity index (χ0n) is 8.62. The van der Waals surface area contributed by atoms with Crippen LogP contribution in [0.25, 0.3) is 0 Å². The number of nitrogen functional groups attached to an aromatic ring is 1. The molecule has 1 aliphatic carbocycles. The highest BCUT2D eigenvalue weighted by Crippen LogP contribution is 2.24. The Kier molecular flexibility index (Phi) is 3.27. The van der Waals surface area contributed by atoms with Crippen molar-refractivity contribution in [1.29, 1.82) is 0 Å². The highest BCUT2D eigenvalue weighted by Gasteiger charge is 2.11. The Labute approximate surface area is 95.2 Å². The Morgan fingerprint density at radius 2 is 2.40 bits per heavy atom. The smallest absolute Gasteiger partial charge is 0.123 e. The van der Waals surface area contributed by atoms with Crippen molar-refractivity contribution < 1.29 is 0 Å². The van der Waals surface area contributed by atoms with Crippen LogP contribution in [0.2, 0.25) is 0 Å². The molecular formula is C12H15ClN2. The first kappa shape index (κ1) is 10.5. The molecule has 0 fully saturated rings. The Morgan fingerprint density at radius 3 is 3.13 bits per heavy atom. The van der Waals surface area contributed by atoms with Gasteiger partial charge >= 0.3 is 0 Å². The van der Waals surface area contributed by atoms with Crippen LogP contribution in [0.1, 0.15) is 24.8 Å². The summed E-state index contributed by atoms with van der Waals surface area (Å²) in [7, 11) is 0. The third kappa shape index (κ3) is 2.96. The van der Waals surface area contributed by atoms with Crippen LogP contribution in [0.15, 0.2) is 30.0 Å². The van der Waals surface area contributed by atoms with Gasteiger partial charge in [0.15, 0.2) is 0 Å². The van der Waals surface area contributed by atoms with Crippen molar-refractivity contribution in [3.05, 3.63) is 35.5 Å². The van der Waals surface area contributed by atoms with Crippen molar-refractivity contribution in [3.8, 4) is 0 Å². The Hall–Kier alpha value is -1.02. The van der Waals surface area contributed by atoms with Crippen LogP contribution in [-0.4, -0.2) is 10.4 Å². The Balaban J connectivity index is 2.08. The van der Waals surface area contributed by atoms with E-state index in [1.807, 2.05) is 12.1 Å². The molecule has 0 bridgehead atoms. The SMILES string of the molecule is Nc1cc(CC2=CC(Cl)CCC2)ccn1. The van der Waals surface area contributed by atoms with Crippen molar-refractivity contribution in [2.75, 3.05) is 5.73 Å². The minimum Gasteiger partial charge on any atom is -0.384 e. The predicted octanol–water partition coefficient (Wildman–Crippen LogP) is 2.92. The lowest BCUT2D eigenvalue weighted by Crippen LogP contribution is -2.05. The van der Waals surface area contributed by atoms with E-state index in [4.69, 9.17) is 17.3 Å². The second kappa shape index (κ2) is 4.67. The molecule has 3 heteroatoms. The van der Waals surface area contributed by atoms with Crippen LogP contribution in [0.5, 0.6) is 0 Å². The topological polar surface area (TPSA) is 38.9 Å². The largest absolute Gasteiger partial charge is 0.384 e. The third-order valence-corrected chi connectivity index (χ3v) is 3.02. The van der Waals surface area contributed by atoms with Gasteiger partial charge in [0.1, 0.15) is 5.82 Å². The Bertz CT molecular complexity index is 374. The standard InChI is InChI=1S/C12H15ClN2/c13-11-3-1-2-9(7-11)6-10-4-5-15-12(14)8-10/h4-5,7-8,11H,1-3,6H2,(H2,14,15). The van der Waals surface area contributed by atoms with E-state index in [2.05, 4.69) is 11.1 Å². The number of aromatic nitrogens is 1. The molecule has 0 saturated heterocycles. The van der Waals surface area contributed by atoms with E-state index in [1.54, 1.807) is 6.20 Å². The summed E-state index contributed by atoms with van der Waals surface area (Å²) in [6, 6.07) is 3.94. The molecule has 1 atom stereocenters. The fourth-order valence-corrected chi connectivity index (χ4v) is 2.29. The lowest BCUT2D eigenvalue weighted by molar-refractivity contribution is 0.693. The monoisotopic (exact) mass is 222 g/mol. The molecule has 2 rings (SSSR count). The molecule has 0 radical (unpaired) electrons. The quantitative estimate of drug-likeness (QED) is 0.617. The molecule has 1 unspecified atom stereocenters. The minimum absolute atomic E-state index is 0.216. The molecule has 1 aromatic heterocycles. The zero-order chi connectivity index (χ0) is 10.7. The molecule has 0 aromatic carbocycles. The highest BCUT2D eigenvalue weighted by molar-refractivity contribution is 6.21. The fraction of sp³-hybridized carbons (Fsp3) is 0.417. The second-order valence-corrected chi connectivity index (χ2v) is 4.56. The molecule has 0 aliphatic heterocycles. The summed E-state index contributed by atoms with van der Waals surface area (Å²) >= 11 is 6.10.